The zero-order valence-corrected chi connectivity index (χ0v) is 9.09. The van der Waals surface area contributed by atoms with Crippen LogP contribution in [-0.2, 0) is 6.42 Å². The number of aryl methyl sites for hydroxylation is 1. The van der Waals surface area contributed by atoms with Gasteiger partial charge in [0.2, 0.25) is 0 Å². The molecule has 2 N–H and O–H groups in total. The van der Waals surface area contributed by atoms with E-state index in [2.05, 4.69) is 38.1 Å². The molecule has 76 valence electrons. The van der Waals surface area contributed by atoms with E-state index in [9.17, 15) is 0 Å². The predicted molar refractivity (Wildman–Crippen MR) is 60.4 cm³/mol. The smallest absolute Gasteiger partial charge is 0.0228 e. The van der Waals surface area contributed by atoms with Crippen molar-refractivity contribution in [3.8, 4) is 0 Å². The fourth-order valence-corrected chi connectivity index (χ4v) is 2.33. The molecule has 1 nitrogen and oxygen atoms in total. The van der Waals surface area contributed by atoms with Gasteiger partial charge >= 0.3 is 0 Å². The van der Waals surface area contributed by atoms with Gasteiger partial charge in [-0.15, -0.1) is 0 Å². The van der Waals surface area contributed by atoms with E-state index in [0.717, 1.165) is 12.8 Å². The summed E-state index contributed by atoms with van der Waals surface area (Å²) in [4.78, 5) is 0. The molecule has 1 aliphatic rings. The minimum atomic E-state index is 0.102. The third kappa shape index (κ3) is 1.46. The Balaban J connectivity index is 2.26. The first-order chi connectivity index (χ1) is 6.71. The van der Waals surface area contributed by atoms with Gasteiger partial charge in [0.15, 0.2) is 0 Å². The summed E-state index contributed by atoms with van der Waals surface area (Å²) in [5, 5.41) is 0. The van der Waals surface area contributed by atoms with Gasteiger partial charge in [-0.2, -0.15) is 0 Å². The summed E-state index contributed by atoms with van der Waals surface area (Å²) in [6.45, 7) is 4.40. The van der Waals surface area contributed by atoms with Gasteiger partial charge in [-0.3, -0.25) is 0 Å². The highest BCUT2D eigenvalue weighted by Gasteiger charge is 2.50. The van der Waals surface area contributed by atoms with Crippen molar-refractivity contribution in [2.75, 3.05) is 0 Å². The van der Waals surface area contributed by atoms with E-state index in [1.807, 2.05) is 0 Å². The average Bonchev–Trinajstić information content (AvgIpc) is 2.91. The number of nitrogens with two attached hydrogens (primary N) is 1. The standard InChI is InChI=1S/C13H19N/c1-3-10-7-5-6-8-11(10)12-9-13(12,14)4-2/h5-8,12H,3-4,9,14H2,1-2H3. The van der Waals surface area contributed by atoms with E-state index in [1.54, 1.807) is 0 Å². The van der Waals surface area contributed by atoms with E-state index in [-0.39, 0.29) is 5.54 Å². The summed E-state index contributed by atoms with van der Waals surface area (Å²) >= 11 is 0. The third-order valence-corrected chi connectivity index (χ3v) is 3.59. The van der Waals surface area contributed by atoms with Gasteiger partial charge in [-0.25, -0.2) is 0 Å². The maximum Gasteiger partial charge on any atom is 0.0228 e. The topological polar surface area (TPSA) is 26.0 Å². The summed E-state index contributed by atoms with van der Waals surface area (Å²) in [7, 11) is 0. The van der Waals surface area contributed by atoms with Gasteiger partial charge in [0, 0.05) is 11.5 Å². The van der Waals surface area contributed by atoms with Gasteiger partial charge < -0.3 is 5.73 Å². The molecule has 14 heavy (non-hydrogen) atoms. The number of benzene rings is 1. The van der Waals surface area contributed by atoms with Crippen LogP contribution in [0.15, 0.2) is 24.3 Å². The molecule has 0 heterocycles. The summed E-state index contributed by atoms with van der Waals surface area (Å²) in [6, 6.07) is 8.72. The fraction of sp³-hybridized carbons (Fsp3) is 0.538. The maximum atomic E-state index is 6.25. The van der Waals surface area contributed by atoms with Crippen molar-refractivity contribution in [3.05, 3.63) is 35.4 Å². The van der Waals surface area contributed by atoms with Crippen LogP contribution in [0.1, 0.15) is 43.7 Å². The van der Waals surface area contributed by atoms with Gasteiger partial charge in [0.25, 0.3) is 0 Å². The summed E-state index contributed by atoms with van der Waals surface area (Å²) in [5.41, 5.74) is 9.30. The molecule has 1 heteroatoms. The quantitative estimate of drug-likeness (QED) is 0.777. The first kappa shape index (κ1) is 9.72. The molecule has 2 rings (SSSR count). The Kier molecular flexibility index (Phi) is 2.36. The van der Waals surface area contributed by atoms with E-state index in [1.165, 1.54) is 17.5 Å². The fourth-order valence-electron chi connectivity index (χ4n) is 2.33. The van der Waals surface area contributed by atoms with Crippen LogP contribution in [0.25, 0.3) is 0 Å². The molecule has 0 spiro atoms. The highest BCUT2D eigenvalue weighted by Crippen LogP contribution is 2.52. The molecule has 0 aliphatic heterocycles. The SMILES string of the molecule is CCc1ccccc1C1CC1(N)CC. The van der Waals surface area contributed by atoms with E-state index >= 15 is 0 Å². The predicted octanol–water partition coefficient (Wildman–Crippen LogP) is 2.84. The monoisotopic (exact) mass is 189 g/mol. The lowest BCUT2D eigenvalue weighted by molar-refractivity contribution is 0.625. The van der Waals surface area contributed by atoms with Gasteiger partial charge in [0.1, 0.15) is 0 Å². The second kappa shape index (κ2) is 3.39. The Morgan fingerprint density at radius 2 is 2.07 bits per heavy atom. The van der Waals surface area contributed by atoms with Crippen molar-refractivity contribution in [2.24, 2.45) is 5.73 Å². The van der Waals surface area contributed by atoms with Crippen molar-refractivity contribution in [2.45, 2.75) is 44.6 Å². The van der Waals surface area contributed by atoms with Crippen LogP contribution >= 0.6 is 0 Å². The number of hydrogen-bond donors (Lipinski definition) is 1. The number of rotatable bonds is 3. The Labute approximate surface area is 86.3 Å². The lowest BCUT2D eigenvalue weighted by atomic mass is 9.98. The highest BCUT2D eigenvalue weighted by atomic mass is 14.9. The van der Waals surface area contributed by atoms with Crippen LogP contribution < -0.4 is 5.73 Å². The van der Waals surface area contributed by atoms with Gasteiger partial charge in [-0.1, -0.05) is 38.1 Å². The van der Waals surface area contributed by atoms with Crippen molar-refractivity contribution in [1.82, 2.24) is 0 Å². The molecule has 1 aliphatic carbocycles. The van der Waals surface area contributed by atoms with Crippen LogP contribution in [0.4, 0.5) is 0 Å². The van der Waals surface area contributed by atoms with Crippen LogP contribution in [0.3, 0.4) is 0 Å². The maximum absolute atomic E-state index is 6.25. The molecular formula is C13H19N. The molecule has 0 aromatic heterocycles. The number of hydrogen-bond acceptors (Lipinski definition) is 1. The Morgan fingerprint density at radius 3 is 2.64 bits per heavy atom. The normalized spacial score (nSPS) is 30.4. The minimum Gasteiger partial charge on any atom is -0.325 e. The molecule has 0 amide bonds. The van der Waals surface area contributed by atoms with Crippen molar-refractivity contribution in [3.63, 3.8) is 0 Å². The minimum absolute atomic E-state index is 0.102. The molecule has 0 radical (unpaired) electrons. The first-order valence-corrected chi connectivity index (χ1v) is 5.58. The second-order valence-corrected chi connectivity index (χ2v) is 4.40. The molecular weight excluding hydrogens is 170 g/mol. The molecule has 2 atom stereocenters. The van der Waals surface area contributed by atoms with Crippen molar-refractivity contribution in [1.29, 1.82) is 0 Å². The first-order valence-electron chi connectivity index (χ1n) is 5.58. The molecule has 0 saturated heterocycles. The Morgan fingerprint density at radius 1 is 1.36 bits per heavy atom. The average molecular weight is 189 g/mol. The molecule has 2 unspecified atom stereocenters. The van der Waals surface area contributed by atoms with E-state index in [4.69, 9.17) is 5.73 Å². The van der Waals surface area contributed by atoms with E-state index < -0.39 is 0 Å². The zero-order valence-electron chi connectivity index (χ0n) is 9.09. The zero-order chi connectivity index (χ0) is 10.2. The lowest BCUT2D eigenvalue weighted by Gasteiger charge is -2.11. The van der Waals surface area contributed by atoms with Crippen molar-refractivity contribution < 1.29 is 0 Å². The Bertz CT molecular complexity index is 332. The van der Waals surface area contributed by atoms with Crippen LogP contribution in [0.2, 0.25) is 0 Å². The highest BCUT2D eigenvalue weighted by molar-refractivity contribution is 5.39. The molecule has 0 bridgehead atoms. The molecule has 1 fully saturated rings. The largest absolute Gasteiger partial charge is 0.325 e. The summed E-state index contributed by atoms with van der Waals surface area (Å²) < 4.78 is 0. The van der Waals surface area contributed by atoms with Crippen LogP contribution in [0.5, 0.6) is 0 Å². The molecule has 1 aromatic carbocycles. The van der Waals surface area contributed by atoms with Crippen LogP contribution in [-0.4, -0.2) is 5.54 Å². The lowest BCUT2D eigenvalue weighted by Crippen LogP contribution is -2.23. The van der Waals surface area contributed by atoms with E-state index in [0.29, 0.717) is 5.92 Å². The molecule has 1 saturated carbocycles. The van der Waals surface area contributed by atoms with Gasteiger partial charge in [0.05, 0.1) is 0 Å². The van der Waals surface area contributed by atoms with Crippen molar-refractivity contribution >= 4 is 0 Å². The third-order valence-electron chi connectivity index (χ3n) is 3.59. The second-order valence-electron chi connectivity index (χ2n) is 4.40. The summed E-state index contributed by atoms with van der Waals surface area (Å²) in [6.07, 6.45) is 3.38. The van der Waals surface area contributed by atoms with Crippen LogP contribution in [0, 0.1) is 0 Å². The summed E-state index contributed by atoms with van der Waals surface area (Å²) in [5.74, 6) is 0.614. The Hall–Kier alpha value is -0.820. The molecule has 1 aromatic rings. The van der Waals surface area contributed by atoms with Gasteiger partial charge in [-0.05, 0) is 30.4 Å².